The zero-order chi connectivity index (χ0) is 20.2. The summed E-state index contributed by atoms with van der Waals surface area (Å²) in [5.41, 5.74) is 9.40. The normalized spacial score (nSPS) is 12.7. The smallest absolute Gasteiger partial charge is 0.141 e. The minimum Gasteiger partial charge on any atom is -0.353 e. The van der Waals surface area contributed by atoms with Gasteiger partial charge in [0.15, 0.2) is 0 Å². The molecule has 6 rings (SSSR count). The second kappa shape index (κ2) is 6.61. The number of benzene rings is 3. The van der Waals surface area contributed by atoms with Gasteiger partial charge in [0.05, 0.1) is 17.1 Å². The van der Waals surface area contributed by atoms with Gasteiger partial charge in [-0.05, 0) is 49.2 Å². The fourth-order valence-electron chi connectivity index (χ4n) is 4.54. The maximum atomic E-state index is 6.14. The summed E-state index contributed by atoms with van der Waals surface area (Å²) in [6, 6.07) is 25.2. The molecule has 3 aromatic carbocycles. The molecule has 0 radical (unpaired) electrons. The van der Waals surface area contributed by atoms with Crippen LogP contribution < -0.4 is 0 Å². The lowest BCUT2D eigenvalue weighted by Crippen LogP contribution is -2.11. The van der Waals surface area contributed by atoms with E-state index < -0.39 is 0 Å². The van der Waals surface area contributed by atoms with Crippen LogP contribution in [0.2, 0.25) is 5.02 Å². The zero-order valence-corrected chi connectivity index (χ0v) is 17.4. The first-order valence-corrected chi connectivity index (χ1v) is 10.6. The van der Waals surface area contributed by atoms with Crippen molar-refractivity contribution in [1.82, 2.24) is 14.5 Å². The first-order valence-electron chi connectivity index (χ1n) is 10.2. The molecule has 1 aliphatic rings. The van der Waals surface area contributed by atoms with Crippen LogP contribution >= 0.6 is 11.6 Å². The predicted molar refractivity (Wildman–Crippen MR) is 124 cm³/mol. The van der Waals surface area contributed by atoms with Crippen molar-refractivity contribution < 1.29 is 0 Å². The molecule has 0 unspecified atom stereocenters. The van der Waals surface area contributed by atoms with Gasteiger partial charge in [-0.3, -0.25) is 0 Å². The molecule has 0 amide bonds. The summed E-state index contributed by atoms with van der Waals surface area (Å²) in [7, 11) is 0. The SMILES string of the molecule is Cc1ccc(-c2nc(-c3ccc(Cl)cc3)n3c2-c2[nH]c4ccccc4c2CC3)cc1. The van der Waals surface area contributed by atoms with Gasteiger partial charge < -0.3 is 9.55 Å². The number of aryl methyl sites for hydroxylation is 2. The second-order valence-electron chi connectivity index (χ2n) is 7.93. The van der Waals surface area contributed by atoms with Crippen LogP contribution in [0.1, 0.15) is 11.1 Å². The lowest BCUT2D eigenvalue weighted by Gasteiger charge is -2.19. The number of nitrogens with one attached hydrogen (secondary N) is 1. The van der Waals surface area contributed by atoms with E-state index in [4.69, 9.17) is 16.6 Å². The zero-order valence-electron chi connectivity index (χ0n) is 16.6. The molecule has 0 spiro atoms. The highest BCUT2D eigenvalue weighted by atomic mass is 35.5. The van der Waals surface area contributed by atoms with Crippen molar-refractivity contribution >= 4 is 22.5 Å². The van der Waals surface area contributed by atoms with Crippen molar-refractivity contribution in [2.45, 2.75) is 19.9 Å². The Balaban J connectivity index is 1.65. The number of H-pyrrole nitrogens is 1. The molecule has 4 heteroatoms. The predicted octanol–water partition coefficient (Wildman–Crippen LogP) is 6.88. The number of halogens is 1. The molecule has 3 heterocycles. The van der Waals surface area contributed by atoms with E-state index >= 15 is 0 Å². The molecule has 0 aliphatic carbocycles. The third-order valence-electron chi connectivity index (χ3n) is 6.03. The van der Waals surface area contributed by atoms with Gasteiger partial charge >= 0.3 is 0 Å². The molecule has 0 bridgehead atoms. The van der Waals surface area contributed by atoms with E-state index in [1.165, 1.54) is 33.4 Å². The Labute approximate surface area is 180 Å². The van der Waals surface area contributed by atoms with Gasteiger partial charge in [0.2, 0.25) is 0 Å². The summed E-state index contributed by atoms with van der Waals surface area (Å²) in [5, 5.41) is 2.05. The van der Waals surface area contributed by atoms with Crippen molar-refractivity contribution in [2.24, 2.45) is 0 Å². The van der Waals surface area contributed by atoms with Gasteiger partial charge in [0, 0.05) is 33.6 Å². The van der Waals surface area contributed by atoms with Crippen LogP contribution in [0.4, 0.5) is 0 Å². The monoisotopic (exact) mass is 409 g/mol. The van der Waals surface area contributed by atoms with Crippen molar-refractivity contribution in [3.05, 3.63) is 88.9 Å². The lowest BCUT2D eigenvalue weighted by molar-refractivity contribution is 0.693. The van der Waals surface area contributed by atoms with Crippen LogP contribution in [0.15, 0.2) is 72.8 Å². The molecule has 1 N–H and O–H groups in total. The quantitative estimate of drug-likeness (QED) is 0.338. The first-order chi connectivity index (χ1) is 14.7. The molecule has 2 aromatic heterocycles. The number of fused-ring (bicyclic) bond motifs is 5. The van der Waals surface area contributed by atoms with Crippen LogP contribution in [0.3, 0.4) is 0 Å². The number of rotatable bonds is 2. The minimum absolute atomic E-state index is 0.737. The maximum Gasteiger partial charge on any atom is 0.141 e. The van der Waals surface area contributed by atoms with Gasteiger partial charge in [0.1, 0.15) is 5.82 Å². The summed E-state index contributed by atoms with van der Waals surface area (Å²) in [5.74, 6) is 0.988. The van der Waals surface area contributed by atoms with Crippen molar-refractivity contribution in [3.63, 3.8) is 0 Å². The number of imidazole rings is 1. The molecule has 0 fully saturated rings. The molecule has 0 saturated heterocycles. The van der Waals surface area contributed by atoms with Gasteiger partial charge in [-0.15, -0.1) is 0 Å². The first kappa shape index (κ1) is 17.5. The average molecular weight is 410 g/mol. The standard InChI is InChI=1S/C26H20ClN3/c1-16-6-8-17(9-7-16)23-25-24-21(20-4-2-3-5-22(20)28-24)14-15-30(25)26(29-23)18-10-12-19(27)13-11-18/h2-13,28H,14-15H2,1H3. The van der Waals surface area contributed by atoms with Crippen LogP contribution in [-0.4, -0.2) is 14.5 Å². The number of hydrogen-bond donors (Lipinski definition) is 1. The third kappa shape index (κ3) is 2.62. The Morgan fingerprint density at radius 2 is 1.63 bits per heavy atom. The highest BCUT2D eigenvalue weighted by molar-refractivity contribution is 6.30. The van der Waals surface area contributed by atoms with E-state index in [0.717, 1.165) is 40.6 Å². The summed E-state index contributed by atoms with van der Waals surface area (Å²) in [4.78, 5) is 8.85. The molecule has 146 valence electrons. The molecule has 0 saturated carbocycles. The topological polar surface area (TPSA) is 33.6 Å². The largest absolute Gasteiger partial charge is 0.353 e. The highest BCUT2D eigenvalue weighted by Crippen LogP contribution is 2.42. The van der Waals surface area contributed by atoms with E-state index in [1.807, 2.05) is 12.1 Å². The average Bonchev–Trinajstić information content (AvgIpc) is 3.33. The Hall–Kier alpha value is -3.30. The Morgan fingerprint density at radius 3 is 2.43 bits per heavy atom. The maximum absolute atomic E-state index is 6.14. The van der Waals surface area contributed by atoms with Gasteiger partial charge in [-0.25, -0.2) is 4.98 Å². The summed E-state index contributed by atoms with van der Waals surface area (Å²) >= 11 is 6.14. The molecular formula is C26H20ClN3. The number of nitrogens with zero attached hydrogens (tertiary/aromatic N) is 2. The number of aromatic amines is 1. The summed E-state index contributed by atoms with van der Waals surface area (Å²) in [6.07, 6.45) is 0.983. The van der Waals surface area contributed by atoms with E-state index in [2.05, 4.69) is 77.1 Å². The molecule has 1 aliphatic heterocycles. The lowest BCUT2D eigenvalue weighted by atomic mass is 9.99. The van der Waals surface area contributed by atoms with E-state index in [9.17, 15) is 0 Å². The number of hydrogen-bond acceptors (Lipinski definition) is 1. The van der Waals surface area contributed by atoms with Crippen molar-refractivity contribution in [2.75, 3.05) is 0 Å². The third-order valence-corrected chi connectivity index (χ3v) is 6.28. The molecule has 0 atom stereocenters. The summed E-state index contributed by atoms with van der Waals surface area (Å²) in [6.45, 7) is 3.02. The fourth-order valence-corrected chi connectivity index (χ4v) is 4.67. The van der Waals surface area contributed by atoms with Gasteiger partial charge in [-0.1, -0.05) is 59.6 Å². The Morgan fingerprint density at radius 1 is 0.900 bits per heavy atom. The Bertz CT molecular complexity index is 1390. The van der Waals surface area contributed by atoms with Crippen molar-refractivity contribution in [3.8, 4) is 34.0 Å². The molecule has 30 heavy (non-hydrogen) atoms. The van der Waals surface area contributed by atoms with Crippen LogP contribution in [0, 0.1) is 6.92 Å². The second-order valence-corrected chi connectivity index (χ2v) is 8.37. The molecule has 3 nitrogen and oxygen atoms in total. The summed E-state index contributed by atoms with van der Waals surface area (Å²) < 4.78 is 2.36. The van der Waals surface area contributed by atoms with Crippen LogP contribution in [0.5, 0.6) is 0 Å². The van der Waals surface area contributed by atoms with Crippen LogP contribution in [-0.2, 0) is 13.0 Å². The van der Waals surface area contributed by atoms with E-state index in [0.29, 0.717) is 0 Å². The van der Waals surface area contributed by atoms with Crippen molar-refractivity contribution in [1.29, 1.82) is 0 Å². The van der Waals surface area contributed by atoms with E-state index in [1.54, 1.807) is 0 Å². The highest BCUT2D eigenvalue weighted by Gasteiger charge is 2.28. The number of aromatic nitrogens is 3. The van der Waals surface area contributed by atoms with Gasteiger partial charge in [0.25, 0.3) is 0 Å². The van der Waals surface area contributed by atoms with Gasteiger partial charge in [-0.2, -0.15) is 0 Å². The molecule has 5 aromatic rings. The molecular weight excluding hydrogens is 390 g/mol. The Kier molecular flexibility index (Phi) is 3.87. The minimum atomic E-state index is 0.737. The fraction of sp³-hybridized carbons (Fsp3) is 0.115. The number of para-hydroxylation sites is 1. The van der Waals surface area contributed by atoms with E-state index in [-0.39, 0.29) is 0 Å². The van der Waals surface area contributed by atoms with Crippen LogP contribution in [0.25, 0.3) is 44.9 Å².